The highest BCUT2D eigenvalue weighted by molar-refractivity contribution is 5.93. The monoisotopic (exact) mass is 331 g/mol. The van der Waals surface area contributed by atoms with Crippen molar-refractivity contribution in [2.45, 2.75) is 13.0 Å². The highest BCUT2D eigenvalue weighted by Crippen LogP contribution is 2.16. The molecule has 0 aliphatic carbocycles. The zero-order valence-electron chi connectivity index (χ0n) is 13.6. The Hall–Kier alpha value is -2.61. The van der Waals surface area contributed by atoms with Crippen LogP contribution in [0.1, 0.15) is 26.7 Å². The van der Waals surface area contributed by atoms with E-state index in [1.807, 2.05) is 16.7 Å². The van der Waals surface area contributed by atoms with Gasteiger partial charge in [-0.15, -0.1) is 0 Å². The van der Waals surface area contributed by atoms with Crippen molar-refractivity contribution in [2.24, 2.45) is 0 Å². The lowest BCUT2D eigenvalue weighted by Gasteiger charge is -2.19. The number of aromatic nitrogens is 3. The summed E-state index contributed by atoms with van der Waals surface area (Å²) in [5.41, 5.74) is 2.17. The molecule has 2 aromatic heterocycles. The van der Waals surface area contributed by atoms with Crippen LogP contribution in [0.4, 0.5) is 0 Å². The number of fused-ring (bicyclic) bond motifs is 1. The minimum absolute atomic E-state index is 0.0654. The Bertz CT molecular complexity index is 707. The third-order valence-electron chi connectivity index (χ3n) is 4.15. The number of nitrogens with one attached hydrogen (secondary N) is 2. The molecular formula is C16H21N5O3. The van der Waals surface area contributed by atoms with Gasteiger partial charge < -0.3 is 19.5 Å². The van der Waals surface area contributed by atoms with E-state index in [0.29, 0.717) is 50.6 Å². The number of amides is 2. The average Bonchev–Trinajstić information content (AvgIpc) is 3.21. The molecule has 0 unspecified atom stereocenters. The van der Waals surface area contributed by atoms with E-state index in [9.17, 15) is 9.59 Å². The highest BCUT2D eigenvalue weighted by Gasteiger charge is 2.23. The van der Waals surface area contributed by atoms with E-state index in [-0.39, 0.29) is 11.8 Å². The second-order valence-electron chi connectivity index (χ2n) is 5.62. The maximum absolute atomic E-state index is 12.4. The Labute approximate surface area is 139 Å². The molecule has 24 heavy (non-hydrogen) atoms. The Morgan fingerprint density at radius 1 is 1.29 bits per heavy atom. The van der Waals surface area contributed by atoms with Crippen molar-refractivity contribution in [3.63, 3.8) is 0 Å². The summed E-state index contributed by atoms with van der Waals surface area (Å²) in [5, 5.41) is 9.36. The van der Waals surface area contributed by atoms with Crippen molar-refractivity contribution < 1.29 is 14.3 Å². The normalized spacial score (nSPS) is 14.1. The van der Waals surface area contributed by atoms with Crippen LogP contribution >= 0.6 is 0 Å². The fourth-order valence-corrected chi connectivity index (χ4v) is 2.88. The van der Waals surface area contributed by atoms with Gasteiger partial charge in [0.15, 0.2) is 0 Å². The molecule has 0 saturated carbocycles. The Morgan fingerprint density at radius 3 is 2.92 bits per heavy atom. The summed E-state index contributed by atoms with van der Waals surface area (Å²) in [4.78, 5) is 26.5. The second-order valence-corrected chi connectivity index (χ2v) is 5.62. The molecule has 2 amide bonds. The molecule has 0 fully saturated rings. The zero-order valence-corrected chi connectivity index (χ0v) is 13.6. The third-order valence-corrected chi connectivity index (χ3v) is 4.15. The lowest BCUT2D eigenvalue weighted by molar-refractivity contribution is 0.0753. The quantitative estimate of drug-likeness (QED) is 0.770. The van der Waals surface area contributed by atoms with Gasteiger partial charge in [-0.2, -0.15) is 5.10 Å². The van der Waals surface area contributed by atoms with E-state index in [2.05, 4.69) is 15.5 Å². The highest BCUT2D eigenvalue weighted by atomic mass is 16.5. The molecule has 0 atom stereocenters. The van der Waals surface area contributed by atoms with Crippen LogP contribution in [0.2, 0.25) is 0 Å². The lowest BCUT2D eigenvalue weighted by Crippen LogP contribution is -2.34. The van der Waals surface area contributed by atoms with Crippen LogP contribution in [0.25, 0.3) is 0 Å². The number of carbonyl (C=O) groups is 2. The SMILES string of the molecule is COCCNC(=O)c1ccc2n1CCN(C(=O)c1ccn[nH]1)CC2. The molecular weight excluding hydrogens is 310 g/mol. The molecule has 8 nitrogen and oxygen atoms in total. The maximum Gasteiger partial charge on any atom is 0.271 e. The largest absolute Gasteiger partial charge is 0.383 e. The Kier molecular flexibility index (Phi) is 4.95. The van der Waals surface area contributed by atoms with E-state index in [0.717, 1.165) is 5.69 Å². The molecule has 0 radical (unpaired) electrons. The van der Waals surface area contributed by atoms with Crippen molar-refractivity contribution in [3.8, 4) is 0 Å². The molecule has 2 aromatic rings. The van der Waals surface area contributed by atoms with Gasteiger partial charge in [0.25, 0.3) is 11.8 Å². The summed E-state index contributed by atoms with van der Waals surface area (Å²) >= 11 is 0. The van der Waals surface area contributed by atoms with Gasteiger partial charge >= 0.3 is 0 Å². The van der Waals surface area contributed by atoms with E-state index in [1.54, 1.807) is 24.3 Å². The van der Waals surface area contributed by atoms with Gasteiger partial charge in [-0.05, 0) is 18.2 Å². The smallest absolute Gasteiger partial charge is 0.271 e. The first kappa shape index (κ1) is 16.3. The number of nitrogens with zero attached hydrogens (tertiary/aromatic N) is 3. The second kappa shape index (κ2) is 7.31. The number of aromatic amines is 1. The minimum atomic E-state index is -0.119. The van der Waals surface area contributed by atoms with Gasteiger partial charge in [-0.1, -0.05) is 0 Å². The molecule has 0 bridgehead atoms. The van der Waals surface area contributed by atoms with Crippen molar-refractivity contribution in [3.05, 3.63) is 41.5 Å². The first-order chi connectivity index (χ1) is 11.7. The molecule has 0 aromatic carbocycles. The first-order valence-corrected chi connectivity index (χ1v) is 7.95. The molecule has 0 spiro atoms. The van der Waals surface area contributed by atoms with Crippen molar-refractivity contribution in [2.75, 3.05) is 33.4 Å². The predicted molar refractivity (Wildman–Crippen MR) is 86.8 cm³/mol. The van der Waals surface area contributed by atoms with Crippen LogP contribution in [0, 0.1) is 0 Å². The topological polar surface area (TPSA) is 92.2 Å². The molecule has 128 valence electrons. The predicted octanol–water partition coefficient (Wildman–Crippen LogP) is 0.286. The first-order valence-electron chi connectivity index (χ1n) is 7.95. The number of hydrogen-bond donors (Lipinski definition) is 2. The summed E-state index contributed by atoms with van der Waals surface area (Å²) in [7, 11) is 1.60. The zero-order chi connectivity index (χ0) is 16.9. The van der Waals surface area contributed by atoms with Crippen molar-refractivity contribution in [1.82, 2.24) is 25.0 Å². The number of ether oxygens (including phenoxy) is 1. The van der Waals surface area contributed by atoms with Gasteiger partial charge in [0.05, 0.1) is 6.61 Å². The van der Waals surface area contributed by atoms with Crippen LogP contribution in [-0.4, -0.2) is 64.8 Å². The van der Waals surface area contributed by atoms with Crippen LogP contribution < -0.4 is 5.32 Å². The lowest BCUT2D eigenvalue weighted by atomic mass is 10.3. The minimum Gasteiger partial charge on any atom is -0.383 e. The van der Waals surface area contributed by atoms with Crippen LogP contribution in [0.5, 0.6) is 0 Å². The summed E-state index contributed by atoms with van der Waals surface area (Å²) in [6, 6.07) is 5.46. The number of H-pyrrole nitrogens is 1. The fourth-order valence-electron chi connectivity index (χ4n) is 2.88. The summed E-state index contributed by atoms with van der Waals surface area (Å²) in [6.07, 6.45) is 2.28. The number of rotatable bonds is 5. The molecule has 0 saturated heterocycles. The summed E-state index contributed by atoms with van der Waals surface area (Å²) < 4.78 is 6.93. The van der Waals surface area contributed by atoms with Crippen molar-refractivity contribution in [1.29, 1.82) is 0 Å². The Morgan fingerprint density at radius 2 is 2.17 bits per heavy atom. The van der Waals surface area contributed by atoms with E-state index in [1.165, 1.54) is 0 Å². The average molecular weight is 331 g/mol. The summed E-state index contributed by atoms with van der Waals surface area (Å²) in [5.74, 6) is -0.184. The van der Waals surface area contributed by atoms with Gasteiger partial charge in [-0.3, -0.25) is 14.7 Å². The molecule has 3 heterocycles. The van der Waals surface area contributed by atoms with Gasteiger partial charge in [0.2, 0.25) is 0 Å². The van der Waals surface area contributed by atoms with E-state index in [4.69, 9.17) is 4.74 Å². The van der Waals surface area contributed by atoms with Gasteiger partial charge in [0, 0.05) is 51.6 Å². The van der Waals surface area contributed by atoms with Crippen LogP contribution in [-0.2, 0) is 17.7 Å². The number of methoxy groups -OCH3 is 1. The van der Waals surface area contributed by atoms with E-state index < -0.39 is 0 Å². The molecule has 2 N–H and O–H groups in total. The molecule has 3 rings (SSSR count). The van der Waals surface area contributed by atoms with Crippen LogP contribution in [0.3, 0.4) is 0 Å². The van der Waals surface area contributed by atoms with Crippen LogP contribution in [0.15, 0.2) is 24.4 Å². The molecule has 8 heteroatoms. The fraction of sp³-hybridized carbons (Fsp3) is 0.438. The number of hydrogen-bond acceptors (Lipinski definition) is 4. The summed E-state index contributed by atoms with van der Waals surface area (Å²) in [6.45, 7) is 2.71. The standard InChI is InChI=1S/C16H21N5O3/c1-24-11-7-17-15(22)14-3-2-12-5-8-20(9-10-21(12)14)16(23)13-4-6-18-19-13/h2-4,6H,5,7-11H2,1H3,(H,17,22)(H,18,19). The molecule has 1 aliphatic heterocycles. The van der Waals surface area contributed by atoms with Gasteiger partial charge in [-0.25, -0.2) is 0 Å². The van der Waals surface area contributed by atoms with Crippen molar-refractivity contribution >= 4 is 11.8 Å². The van der Waals surface area contributed by atoms with E-state index >= 15 is 0 Å². The maximum atomic E-state index is 12.4. The number of carbonyl (C=O) groups excluding carboxylic acids is 2. The van der Waals surface area contributed by atoms with Gasteiger partial charge in [0.1, 0.15) is 11.4 Å². The Balaban J connectivity index is 1.68. The molecule has 1 aliphatic rings. The third kappa shape index (κ3) is 3.33.